The van der Waals surface area contributed by atoms with Crippen LogP contribution in [-0.2, 0) is 4.79 Å². The van der Waals surface area contributed by atoms with E-state index in [1.54, 1.807) is 12.4 Å². The van der Waals surface area contributed by atoms with Crippen molar-refractivity contribution in [2.45, 2.75) is 13.3 Å². The molecule has 0 aliphatic heterocycles. The fraction of sp³-hybridized carbons (Fsp3) is 0.0645. The summed E-state index contributed by atoms with van der Waals surface area (Å²) in [5.41, 5.74) is 9.38. The van der Waals surface area contributed by atoms with Gasteiger partial charge in [-0.15, -0.1) is 0 Å². The van der Waals surface area contributed by atoms with Gasteiger partial charge in [0.25, 0.3) is 0 Å². The molecule has 0 fully saturated rings. The van der Waals surface area contributed by atoms with Crippen LogP contribution in [-0.4, -0.2) is 26.3 Å². The van der Waals surface area contributed by atoms with Crippen molar-refractivity contribution in [2.75, 3.05) is 0 Å². The molecule has 176 valence electrons. The average molecular weight is 472 g/mol. The first-order valence-electron chi connectivity index (χ1n) is 11.8. The van der Waals surface area contributed by atoms with Crippen molar-refractivity contribution in [3.63, 3.8) is 0 Å². The first kappa shape index (κ1) is 23.0. The van der Waals surface area contributed by atoms with Gasteiger partial charge in [-0.25, -0.2) is 4.79 Å². The van der Waals surface area contributed by atoms with Gasteiger partial charge in [-0.05, 0) is 81.3 Å². The number of aliphatic carboxylic acids is 1. The summed E-state index contributed by atoms with van der Waals surface area (Å²) < 4.78 is 0. The van der Waals surface area contributed by atoms with Crippen LogP contribution in [0.1, 0.15) is 35.6 Å². The number of carbonyl (C=O) groups is 1. The molecule has 5 aromatic rings. The summed E-state index contributed by atoms with van der Waals surface area (Å²) in [7, 11) is 0. The summed E-state index contributed by atoms with van der Waals surface area (Å²) in [4.78, 5) is 15.5. The number of H-pyrrole nitrogens is 1. The maximum atomic E-state index is 11.4. The first-order valence-corrected chi connectivity index (χ1v) is 11.8. The molecule has 0 bridgehead atoms. The molecule has 2 aromatic heterocycles. The molecule has 0 saturated heterocycles. The first-order chi connectivity index (χ1) is 17.5. The van der Waals surface area contributed by atoms with Crippen molar-refractivity contribution >= 4 is 33.6 Å². The topological polar surface area (TPSA) is 78.9 Å². The number of nitrogens with one attached hydrogen (secondary N) is 1. The van der Waals surface area contributed by atoms with Gasteiger partial charge in [-0.2, -0.15) is 5.10 Å². The lowest BCUT2D eigenvalue weighted by molar-refractivity contribution is -0.130. The number of hydrogen-bond acceptors (Lipinski definition) is 3. The maximum absolute atomic E-state index is 11.4. The van der Waals surface area contributed by atoms with Gasteiger partial charge in [0.15, 0.2) is 0 Å². The van der Waals surface area contributed by atoms with Crippen molar-refractivity contribution in [3.05, 3.63) is 126 Å². The molecule has 3 aromatic carbocycles. The van der Waals surface area contributed by atoms with Gasteiger partial charge in [-0.1, -0.05) is 62.0 Å². The molecule has 0 saturated carbocycles. The zero-order valence-corrected chi connectivity index (χ0v) is 19.9. The van der Waals surface area contributed by atoms with Crippen LogP contribution >= 0.6 is 0 Å². The maximum Gasteiger partial charge on any atom is 0.335 e. The SMILES string of the molecule is C=C(C(=O)O)c1ccc(/C(=C(/CC)c2cccc(-c3ccncc3)c2)c2ccc3[nH]ncc3c2)cc1. The summed E-state index contributed by atoms with van der Waals surface area (Å²) >= 11 is 0. The Bertz CT molecular complexity index is 1600. The zero-order chi connectivity index (χ0) is 25.1. The number of nitrogens with zero attached hydrogens (tertiary/aromatic N) is 2. The van der Waals surface area contributed by atoms with E-state index >= 15 is 0 Å². The highest BCUT2D eigenvalue weighted by atomic mass is 16.4. The highest BCUT2D eigenvalue weighted by Crippen LogP contribution is 2.37. The summed E-state index contributed by atoms with van der Waals surface area (Å²) in [6.07, 6.45) is 6.24. The quantitative estimate of drug-likeness (QED) is 0.196. The Morgan fingerprint density at radius 2 is 1.58 bits per heavy atom. The Morgan fingerprint density at radius 3 is 2.31 bits per heavy atom. The minimum Gasteiger partial charge on any atom is -0.478 e. The van der Waals surface area contributed by atoms with E-state index in [0.717, 1.165) is 50.7 Å². The number of carboxylic acid groups (broad SMARTS) is 1. The number of allylic oxidation sites excluding steroid dienone is 1. The van der Waals surface area contributed by atoms with Gasteiger partial charge in [-0.3, -0.25) is 10.1 Å². The van der Waals surface area contributed by atoms with E-state index in [-0.39, 0.29) is 5.57 Å². The number of benzene rings is 3. The number of rotatable bonds is 7. The molecule has 5 rings (SSSR count). The molecule has 5 heteroatoms. The standard InChI is InChI=1S/C31H25N3O2/c1-3-28(25-6-4-5-24(17-25)22-13-15-32-16-14-22)30(26-11-12-29-27(18-26)19-33-34-29)23-9-7-21(8-10-23)20(2)31(35)36/h4-19H,2-3H2,1H3,(H,33,34)(H,35,36)/b30-28+. The molecule has 2 N–H and O–H groups in total. The molecule has 0 aliphatic rings. The Balaban J connectivity index is 1.71. The fourth-order valence-corrected chi connectivity index (χ4v) is 4.53. The number of fused-ring (bicyclic) bond motifs is 1. The van der Waals surface area contributed by atoms with E-state index < -0.39 is 5.97 Å². The molecule has 2 heterocycles. The van der Waals surface area contributed by atoms with Crippen molar-refractivity contribution < 1.29 is 9.90 Å². The van der Waals surface area contributed by atoms with Crippen molar-refractivity contribution in [3.8, 4) is 11.1 Å². The summed E-state index contributed by atoms with van der Waals surface area (Å²) in [6, 6.07) is 26.4. The molecule has 0 spiro atoms. The minimum atomic E-state index is -1.02. The lowest BCUT2D eigenvalue weighted by atomic mass is 9.86. The molecular weight excluding hydrogens is 446 g/mol. The molecular formula is C31H25N3O2. The third-order valence-electron chi connectivity index (χ3n) is 6.39. The van der Waals surface area contributed by atoms with Crippen LogP contribution in [0.2, 0.25) is 0 Å². The third kappa shape index (κ3) is 4.46. The van der Waals surface area contributed by atoms with Crippen LogP contribution in [0, 0.1) is 0 Å². The van der Waals surface area contributed by atoms with Crippen LogP contribution in [0.25, 0.3) is 38.7 Å². The third-order valence-corrected chi connectivity index (χ3v) is 6.39. The summed E-state index contributed by atoms with van der Waals surface area (Å²) in [5.74, 6) is -1.02. The molecule has 0 amide bonds. The van der Waals surface area contributed by atoms with E-state index in [1.165, 1.54) is 5.57 Å². The van der Waals surface area contributed by atoms with E-state index in [1.807, 2.05) is 48.7 Å². The second-order valence-corrected chi connectivity index (χ2v) is 8.56. The van der Waals surface area contributed by atoms with E-state index in [4.69, 9.17) is 0 Å². The van der Waals surface area contributed by atoms with Crippen LogP contribution in [0.3, 0.4) is 0 Å². The van der Waals surface area contributed by atoms with Crippen LogP contribution in [0.15, 0.2) is 104 Å². The van der Waals surface area contributed by atoms with E-state index in [9.17, 15) is 9.90 Å². The largest absolute Gasteiger partial charge is 0.478 e. The Morgan fingerprint density at radius 1 is 0.861 bits per heavy atom. The van der Waals surface area contributed by atoms with E-state index in [2.05, 4.69) is 65.1 Å². The fourth-order valence-electron chi connectivity index (χ4n) is 4.53. The van der Waals surface area contributed by atoms with Gasteiger partial charge in [0.2, 0.25) is 0 Å². The highest BCUT2D eigenvalue weighted by Gasteiger charge is 2.16. The molecule has 5 nitrogen and oxygen atoms in total. The van der Waals surface area contributed by atoms with Gasteiger partial charge in [0, 0.05) is 17.8 Å². The van der Waals surface area contributed by atoms with Crippen LogP contribution in [0.5, 0.6) is 0 Å². The number of aromatic amines is 1. The number of pyridine rings is 1. The van der Waals surface area contributed by atoms with Gasteiger partial charge < -0.3 is 5.11 Å². The van der Waals surface area contributed by atoms with Gasteiger partial charge in [0.05, 0.1) is 17.3 Å². The normalized spacial score (nSPS) is 11.8. The van der Waals surface area contributed by atoms with Gasteiger partial charge in [0.1, 0.15) is 0 Å². The average Bonchev–Trinajstić information content (AvgIpc) is 3.40. The Labute approximate surface area is 209 Å². The lowest BCUT2D eigenvalue weighted by Gasteiger charge is -2.18. The number of carboxylic acids is 1. The molecule has 0 atom stereocenters. The van der Waals surface area contributed by atoms with Crippen molar-refractivity contribution in [2.24, 2.45) is 0 Å². The van der Waals surface area contributed by atoms with Crippen molar-refractivity contribution in [1.29, 1.82) is 0 Å². The molecule has 0 radical (unpaired) electrons. The predicted octanol–water partition coefficient (Wildman–Crippen LogP) is 7.09. The molecule has 36 heavy (non-hydrogen) atoms. The molecule has 0 aliphatic carbocycles. The Kier molecular flexibility index (Phi) is 6.29. The zero-order valence-electron chi connectivity index (χ0n) is 19.9. The number of hydrogen-bond donors (Lipinski definition) is 2. The summed E-state index contributed by atoms with van der Waals surface area (Å²) in [5, 5.41) is 17.6. The molecule has 0 unspecified atom stereocenters. The van der Waals surface area contributed by atoms with Crippen molar-refractivity contribution in [1.82, 2.24) is 15.2 Å². The van der Waals surface area contributed by atoms with Crippen LogP contribution in [0.4, 0.5) is 0 Å². The minimum absolute atomic E-state index is 0.0765. The predicted molar refractivity (Wildman–Crippen MR) is 145 cm³/mol. The highest BCUT2D eigenvalue weighted by molar-refractivity contribution is 6.14. The van der Waals surface area contributed by atoms with Gasteiger partial charge >= 0.3 is 5.97 Å². The van der Waals surface area contributed by atoms with Crippen LogP contribution < -0.4 is 0 Å². The van der Waals surface area contributed by atoms with E-state index in [0.29, 0.717) is 5.56 Å². The monoisotopic (exact) mass is 471 g/mol. The second kappa shape index (κ2) is 9.84. The number of aromatic nitrogens is 3. The second-order valence-electron chi connectivity index (χ2n) is 8.56. The Hall–Kier alpha value is -4.77. The lowest BCUT2D eigenvalue weighted by Crippen LogP contribution is -1.99. The summed E-state index contributed by atoms with van der Waals surface area (Å²) in [6.45, 7) is 5.85. The smallest absolute Gasteiger partial charge is 0.335 e.